The number of nitrogens with one attached hydrogen (secondary N) is 2. The van der Waals surface area contributed by atoms with E-state index in [4.69, 9.17) is 9.84 Å². The SMILES string of the molecule is Cc1cc(C(=O)O)ccc1OCC(=O)NC(=O)NC(C)C. The maximum atomic E-state index is 11.5. The molecule has 0 radical (unpaired) electrons. The van der Waals surface area contributed by atoms with Crippen molar-refractivity contribution >= 4 is 17.9 Å². The van der Waals surface area contributed by atoms with Gasteiger partial charge in [-0.3, -0.25) is 10.1 Å². The van der Waals surface area contributed by atoms with Crippen LogP contribution in [0.2, 0.25) is 0 Å². The van der Waals surface area contributed by atoms with Crippen LogP contribution in [0, 0.1) is 6.92 Å². The van der Waals surface area contributed by atoms with Crippen molar-refractivity contribution in [2.24, 2.45) is 0 Å². The zero-order chi connectivity index (χ0) is 16.0. The lowest BCUT2D eigenvalue weighted by molar-refractivity contribution is -0.122. The molecule has 1 rings (SSSR count). The number of hydrogen-bond acceptors (Lipinski definition) is 4. The van der Waals surface area contributed by atoms with E-state index in [1.807, 2.05) is 0 Å². The Morgan fingerprint density at radius 2 is 1.95 bits per heavy atom. The van der Waals surface area contributed by atoms with Crippen molar-refractivity contribution in [1.82, 2.24) is 10.6 Å². The Balaban J connectivity index is 2.53. The van der Waals surface area contributed by atoms with Crippen LogP contribution in [0.3, 0.4) is 0 Å². The summed E-state index contributed by atoms with van der Waals surface area (Å²) in [5.74, 6) is -1.23. The summed E-state index contributed by atoms with van der Waals surface area (Å²) in [6.07, 6.45) is 0. The molecule has 114 valence electrons. The molecular formula is C14H18N2O5. The second-order valence-corrected chi connectivity index (χ2v) is 4.75. The van der Waals surface area contributed by atoms with Crippen molar-refractivity contribution in [3.63, 3.8) is 0 Å². The smallest absolute Gasteiger partial charge is 0.335 e. The molecule has 1 aromatic rings. The topological polar surface area (TPSA) is 105 Å². The number of ether oxygens (including phenoxy) is 1. The van der Waals surface area contributed by atoms with Gasteiger partial charge in [0.25, 0.3) is 5.91 Å². The highest BCUT2D eigenvalue weighted by atomic mass is 16.5. The summed E-state index contributed by atoms with van der Waals surface area (Å²) in [6, 6.07) is 3.64. The number of carbonyl (C=O) groups is 3. The van der Waals surface area contributed by atoms with Gasteiger partial charge < -0.3 is 15.2 Å². The molecule has 7 heteroatoms. The molecule has 3 amide bonds. The van der Waals surface area contributed by atoms with Gasteiger partial charge in [0.15, 0.2) is 6.61 Å². The summed E-state index contributed by atoms with van der Waals surface area (Å²) in [6.45, 7) is 4.88. The fourth-order valence-corrected chi connectivity index (χ4v) is 1.55. The van der Waals surface area contributed by atoms with Gasteiger partial charge in [0.1, 0.15) is 5.75 Å². The van der Waals surface area contributed by atoms with Crippen molar-refractivity contribution in [1.29, 1.82) is 0 Å². The Morgan fingerprint density at radius 1 is 1.29 bits per heavy atom. The van der Waals surface area contributed by atoms with E-state index in [1.165, 1.54) is 18.2 Å². The average molecular weight is 294 g/mol. The second kappa shape index (κ2) is 7.28. The molecule has 0 bridgehead atoms. The number of benzene rings is 1. The minimum Gasteiger partial charge on any atom is -0.483 e. The summed E-state index contributed by atoms with van der Waals surface area (Å²) >= 11 is 0. The van der Waals surface area contributed by atoms with Crippen molar-refractivity contribution in [3.05, 3.63) is 29.3 Å². The van der Waals surface area contributed by atoms with E-state index in [0.717, 1.165) is 0 Å². The second-order valence-electron chi connectivity index (χ2n) is 4.75. The largest absolute Gasteiger partial charge is 0.483 e. The first-order valence-electron chi connectivity index (χ1n) is 6.36. The lowest BCUT2D eigenvalue weighted by Gasteiger charge is -2.11. The monoisotopic (exact) mass is 294 g/mol. The summed E-state index contributed by atoms with van der Waals surface area (Å²) in [5.41, 5.74) is 0.731. The van der Waals surface area contributed by atoms with Crippen molar-refractivity contribution < 1.29 is 24.2 Å². The van der Waals surface area contributed by atoms with Gasteiger partial charge in [-0.15, -0.1) is 0 Å². The quantitative estimate of drug-likeness (QED) is 0.759. The fourth-order valence-electron chi connectivity index (χ4n) is 1.55. The van der Waals surface area contributed by atoms with E-state index in [2.05, 4.69) is 10.6 Å². The molecule has 0 saturated heterocycles. The van der Waals surface area contributed by atoms with Crippen molar-refractivity contribution in [3.8, 4) is 5.75 Å². The van der Waals surface area contributed by atoms with Crippen LogP contribution in [-0.2, 0) is 4.79 Å². The molecule has 0 aromatic heterocycles. The maximum Gasteiger partial charge on any atom is 0.335 e. The molecule has 21 heavy (non-hydrogen) atoms. The van der Waals surface area contributed by atoms with Crippen LogP contribution in [0.4, 0.5) is 4.79 Å². The van der Waals surface area contributed by atoms with Crippen molar-refractivity contribution in [2.75, 3.05) is 6.61 Å². The number of rotatable bonds is 5. The van der Waals surface area contributed by atoms with E-state index < -0.39 is 17.9 Å². The summed E-state index contributed by atoms with van der Waals surface area (Å²) in [4.78, 5) is 33.6. The van der Waals surface area contributed by atoms with Crippen LogP contribution < -0.4 is 15.4 Å². The van der Waals surface area contributed by atoms with Gasteiger partial charge in [-0.1, -0.05) is 0 Å². The van der Waals surface area contributed by atoms with Crippen LogP contribution >= 0.6 is 0 Å². The number of aromatic carboxylic acids is 1. The number of imide groups is 1. The van der Waals surface area contributed by atoms with Gasteiger partial charge in [0, 0.05) is 6.04 Å². The minimum atomic E-state index is -1.03. The van der Waals surface area contributed by atoms with E-state index >= 15 is 0 Å². The number of hydrogen-bond donors (Lipinski definition) is 3. The Kier molecular flexibility index (Phi) is 5.71. The van der Waals surface area contributed by atoms with E-state index in [1.54, 1.807) is 20.8 Å². The third kappa shape index (κ3) is 5.52. The Morgan fingerprint density at radius 3 is 2.48 bits per heavy atom. The molecule has 0 unspecified atom stereocenters. The third-order valence-corrected chi connectivity index (χ3v) is 2.45. The molecule has 0 aliphatic carbocycles. The normalized spacial score (nSPS) is 10.1. The molecule has 0 saturated carbocycles. The number of carbonyl (C=O) groups excluding carboxylic acids is 2. The minimum absolute atomic E-state index is 0.0791. The van der Waals surface area contributed by atoms with Gasteiger partial charge in [-0.05, 0) is 44.5 Å². The van der Waals surface area contributed by atoms with Gasteiger partial charge >= 0.3 is 12.0 Å². The predicted molar refractivity (Wildman–Crippen MR) is 75.4 cm³/mol. The predicted octanol–water partition coefficient (Wildman–Crippen LogP) is 1.31. The molecule has 0 aliphatic heterocycles. The van der Waals surface area contributed by atoms with Crippen LogP contribution in [0.1, 0.15) is 29.8 Å². The van der Waals surface area contributed by atoms with Gasteiger partial charge in [0.05, 0.1) is 5.56 Å². The molecule has 7 nitrogen and oxygen atoms in total. The van der Waals surface area contributed by atoms with Gasteiger partial charge in [0.2, 0.25) is 0 Å². The zero-order valence-electron chi connectivity index (χ0n) is 12.1. The van der Waals surface area contributed by atoms with E-state index in [0.29, 0.717) is 11.3 Å². The highest BCUT2D eigenvalue weighted by Gasteiger charge is 2.11. The maximum absolute atomic E-state index is 11.5. The highest BCUT2D eigenvalue weighted by molar-refractivity contribution is 5.95. The summed E-state index contributed by atoms with van der Waals surface area (Å²) in [7, 11) is 0. The first kappa shape index (κ1) is 16.5. The highest BCUT2D eigenvalue weighted by Crippen LogP contribution is 2.19. The number of carboxylic acids is 1. The number of urea groups is 1. The standard InChI is InChI=1S/C14H18N2O5/c1-8(2)15-14(20)16-12(17)7-21-11-5-4-10(13(18)19)6-9(11)3/h4-6,8H,7H2,1-3H3,(H,18,19)(H2,15,16,17,20). The summed E-state index contributed by atoms with van der Waals surface area (Å²) < 4.78 is 5.25. The molecule has 0 fully saturated rings. The molecule has 0 heterocycles. The van der Waals surface area contributed by atoms with Crippen LogP contribution in [-0.4, -0.2) is 35.7 Å². The van der Waals surface area contributed by atoms with E-state index in [-0.39, 0.29) is 18.2 Å². The first-order valence-corrected chi connectivity index (χ1v) is 6.36. The van der Waals surface area contributed by atoms with E-state index in [9.17, 15) is 14.4 Å². The number of aryl methyl sites for hydroxylation is 1. The Hall–Kier alpha value is -2.57. The van der Waals surface area contributed by atoms with Gasteiger partial charge in [-0.25, -0.2) is 9.59 Å². The molecule has 1 aromatic carbocycles. The average Bonchev–Trinajstić information content (AvgIpc) is 2.35. The zero-order valence-corrected chi connectivity index (χ0v) is 12.1. The first-order chi connectivity index (χ1) is 9.79. The molecule has 3 N–H and O–H groups in total. The third-order valence-electron chi connectivity index (χ3n) is 2.45. The lowest BCUT2D eigenvalue weighted by Crippen LogP contribution is -2.44. The molecular weight excluding hydrogens is 276 g/mol. The van der Waals surface area contributed by atoms with Crippen LogP contribution in [0.15, 0.2) is 18.2 Å². The van der Waals surface area contributed by atoms with Crippen LogP contribution in [0.5, 0.6) is 5.75 Å². The van der Waals surface area contributed by atoms with Gasteiger partial charge in [-0.2, -0.15) is 0 Å². The molecule has 0 atom stereocenters. The van der Waals surface area contributed by atoms with Crippen LogP contribution in [0.25, 0.3) is 0 Å². The Labute approximate surface area is 122 Å². The molecule has 0 aliphatic rings. The lowest BCUT2D eigenvalue weighted by atomic mass is 10.1. The van der Waals surface area contributed by atoms with Crippen molar-refractivity contribution in [2.45, 2.75) is 26.8 Å². The number of amides is 3. The Bertz CT molecular complexity index is 554. The molecule has 0 spiro atoms. The number of carboxylic acid groups (broad SMARTS) is 1. The fraction of sp³-hybridized carbons (Fsp3) is 0.357. The summed E-state index contributed by atoms with van der Waals surface area (Å²) in [5, 5.41) is 13.5.